The van der Waals surface area contributed by atoms with Gasteiger partial charge in [-0.15, -0.1) is 0 Å². The van der Waals surface area contributed by atoms with Gasteiger partial charge in [0.05, 0.1) is 27.8 Å². The van der Waals surface area contributed by atoms with Crippen molar-refractivity contribution >= 4 is 52.6 Å². The van der Waals surface area contributed by atoms with Crippen LogP contribution in [0.4, 0.5) is 21.0 Å². The maximum atomic E-state index is 13.1. The van der Waals surface area contributed by atoms with Crippen LogP contribution in [0.3, 0.4) is 0 Å². The molecule has 3 aromatic rings. The van der Waals surface area contributed by atoms with Gasteiger partial charge in [0.15, 0.2) is 0 Å². The van der Waals surface area contributed by atoms with E-state index in [-0.39, 0.29) is 17.0 Å². The van der Waals surface area contributed by atoms with Gasteiger partial charge in [-0.05, 0) is 54.4 Å². The highest BCUT2D eigenvalue weighted by Crippen LogP contribution is 2.32. The number of likely N-dealkylation sites (tertiary alicyclic amines) is 1. The number of hydrogen-bond donors (Lipinski definition) is 3. The van der Waals surface area contributed by atoms with E-state index in [2.05, 4.69) is 10.6 Å². The molecule has 0 aromatic heterocycles. The van der Waals surface area contributed by atoms with E-state index < -0.39 is 16.6 Å². The van der Waals surface area contributed by atoms with Crippen LogP contribution in [0, 0.1) is 0 Å². The number of urea groups is 1. The monoisotopic (exact) mass is 512 g/mol. The number of nitrogens with one attached hydrogen (secondary N) is 2. The summed E-state index contributed by atoms with van der Waals surface area (Å²) in [5.74, 6) is -0.389. The quantitative estimate of drug-likeness (QED) is 0.324. The van der Waals surface area contributed by atoms with Gasteiger partial charge in [0.1, 0.15) is 6.04 Å². The number of benzene rings is 3. The molecule has 7 nitrogen and oxygen atoms in total. The molecule has 3 aromatic carbocycles. The van der Waals surface area contributed by atoms with Gasteiger partial charge in [0, 0.05) is 18.5 Å². The third-order valence-corrected chi connectivity index (χ3v) is 7.22. The Morgan fingerprint density at radius 3 is 2.11 bits per heavy atom. The fourth-order valence-electron chi connectivity index (χ4n) is 4.42. The zero-order valence-electron chi connectivity index (χ0n) is 18.9. The predicted molar refractivity (Wildman–Crippen MR) is 137 cm³/mol. The second kappa shape index (κ2) is 10.1. The Labute approximate surface area is 212 Å². The van der Waals surface area contributed by atoms with Crippen LogP contribution < -0.4 is 10.6 Å². The second-order valence-electron chi connectivity index (χ2n) is 8.51. The number of imide groups is 1. The van der Waals surface area contributed by atoms with Crippen molar-refractivity contribution in [3.63, 3.8) is 0 Å². The smallest absolute Gasteiger partial charge is 0.435 e. The molecule has 3 N–H and O–H groups in total. The molecule has 4 rings (SSSR count). The van der Waals surface area contributed by atoms with Crippen molar-refractivity contribution in [2.75, 3.05) is 17.2 Å². The Hall–Kier alpha value is -3.39. The first kappa shape index (κ1) is 24.7. The van der Waals surface area contributed by atoms with Gasteiger partial charge < -0.3 is 15.7 Å². The summed E-state index contributed by atoms with van der Waals surface area (Å²) in [6, 6.07) is 18.4. The standard InChI is InChI=1S/C26H23Cl2N3O4/c1-16-4-3-15-31(16,26(34)35)24(32)19-9-7-17(8-10-19)18-11-13-20(14-12-18)29-25(33)30-22-6-2-5-21(27)23(22)28/h2,5-14,16H,3-4,15H2,1H3,(H2-,29,30,32,33,34,35)/p+1/t16-,31?/m1/s1. The van der Waals surface area contributed by atoms with Crippen molar-refractivity contribution in [3.8, 4) is 11.1 Å². The van der Waals surface area contributed by atoms with Crippen LogP contribution in [-0.2, 0) is 0 Å². The molecule has 35 heavy (non-hydrogen) atoms. The minimum atomic E-state index is -1.10. The summed E-state index contributed by atoms with van der Waals surface area (Å²) < 4.78 is -0.553. The summed E-state index contributed by atoms with van der Waals surface area (Å²) in [7, 11) is 0. The number of carbonyl (C=O) groups excluding carboxylic acids is 2. The number of carboxylic acid groups (broad SMARTS) is 1. The molecule has 0 bridgehead atoms. The van der Waals surface area contributed by atoms with Crippen LogP contribution in [-0.4, -0.2) is 40.2 Å². The van der Waals surface area contributed by atoms with E-state index in [1.807, 2.05) is 19.1 Å². The lowest BCUT2D eigenvalue weighted by atomic mass is 10.0. The number of amides is 4. The van der Waals surface area contributed by atoms with E-state index in [4.69, 9.17) is 23.2 Å². The van der Waals surface area contributed by atoms with Gasteiger partial charge in [-0.1, -0.05) is 53.5 Å². The van der Waals surface area contributed by atoms with Crippen LogP contribution in [0.2, 0.25) is 10.0 Å². The fraction of sp³-hybridized carbons (Fsp3) is 0.192. The number of hydrogen-bond acceptors (Lipinski definition) is 3. The third kappa shape index (κ3) is 4.89. The van der Waals surface area contributed by atoms with Crippen LogP contribution in [0.1, 0.15) is 30.1 Å². The molecule has 1 saturated heterocycles. The van der Waals surface area contributed by atoms with Gasteiger partial charge in [0.25, 0.3) is 0 Å². The zero-order chi connectivity index (χ0) is 25.2. The number of halogens is 2. The summed E-state index contributed by atoms with van der Waals surface area (Å²) in [6.45, 7) is 2.12. The normalized spacial score (nSPS) is 19.2. The predicted octanol–water partition coefficient (Wildman–Crippen LogP) is 7.12. The number of carbonyl (C=O) groups is 3. The fourth-order valence-corrected chi connectivity index (χ4v) is 4.76. The van der Waals surface area contributed by atoms with E-state index in [9.17, 15) is 19.5 Å². The molecule has 4 amide bonds. The Morgan fingerprint density at radius 1 is 0.914 bits per heavy atom. The number of anilines is 2. The Kier molecular flexibility index (Phi) is 7.12. The maximum Gasteiger partial charge on any atom is 0.521 e. The number of rotatable bonds is 4. The molecule has 0 saturated carbocycles. The lowest BCUT2D eigenvalue weighted by Gasteiger charge is -2.29. The summed E-state index contributed by atoms with van der Waals surface area (Å²) in [4.78, 5) is 37.4. The van der Waals surface area contributed by atoms with Crippen molar-refractivity contribution < 1.29 is 24.0 Å². The Morgan fingerprint density at radius 2 is 1.54 bits per heavy atom. The molecule has 1 heterocycles. The molecule has 1 unspecified atom stereocenters. The molecule has 1 aliphatic rings. The van der Waals surface area contributed by atoms with Crippen LogP contribution >= 0.6 is 23.2 Å². The molecule has 0 aliphatic carbocycles. The van der Waals surface area contributed by atoms with Gasteiger partial charge >= 0.3 is 18.0 Å². The summed E-state index contributed by atoms with van der Waals surface area (Å²) in [5.41, 5.74) is 3.09. The lowest BCUT2D eigenvalue weighted by Crippen LogP contribution is -2.58. The van der Waals surface area contributed by atoms with Crippen molar-refractivity contribution in [1.29, 1.82) is 0 Å². The van der Waals surface area contributed by atoms with Crippen LogP contribution in [0.5, 0.6) is 0 Å². The lowest BCUT2D eigenvalue weighted by molar-refractivity contribution is -0.785. The molecule has 0 spiro atoms. The van der Waals surface area contributed by atoms with Crippen molar-refractivity contribution in [1.82, 2.24) is 0 Å². The van der Waals surface area contributed by atoms with Gasteiger partial charge in [-0.2, -0.15) is 9.28 Å². The minimum Gasteiger partial charge on any atom is -0.435 e. The summed E-state index contributed by atoms with van der Waals surface area (Å²) in [6.07, 6.45) is 0.316. The van der Waals surface area contributed by atoms with Gasteiger partial charge in [-0.25, -0.2) is 9.59 Å². The van der Waals surface area contributed by atoms with E-state index in [0.717, 1.165) is 11.1 Å². The number of nitrogens with zero attached hydrogens (tertiary/aromatic N) is 1. The highest BCUT2D eigenvalue weighted by Gasteiger charge is 2.53. The van der Waals surface area contributed by atoms with Gasteiger partial charge in [0.2, 0.25) is 0 Å². The minimum absolute atomic E-state index is 0.258. The van der Waals surface area contributed by atoms with Crippen LogP contribution in [0.25, 0.3) is 11.1 Å². The SMILES string of the molecule is C[C@@H]1CCC[N+]1(C(=O)O)C(=O)c1ccc(-c2ccc(NC(=O)Nc3cccc(Cl)c3Cl)cc2)cc1. The molecule has 0 radical (unpaired) electrons. The van der Waals surface area contributed by atoms with E-state index in [0.29, 0.717) is 41.3 Å². The first-order valence-electron chi connectivity index (χ1n) is 11.1. The average molecular weight is 513 g/mol. The zero-order valence-corrected chi connectivity index (χ0v) is 20.4. The highest BCUT2D eigenvalue weighted by molar-refractivity contribution is 6.44. The first-order chi connectivity index (χ1) is 16.7. The topological polar surface area (TPSA) is 95.5 Å². The van der Waals surface area contributed by atoms with Crippen molar-refractivity contribution in [3.05, 3.63) is 82.3 Å². The van der Waals surface area contributed by atoms with E-state index in [1.54, 1.807) is 54.6 Å². The molecule has 9 heteroatoms. The molecular formula is C26H24Cl2N3O4+. The Balaban J connectivity index is 1.44. The maximum absolute atomic E-state index is 13.1. The van der Waals surface area contributed by atoms with E-state index in [1.165, 1.54) is 0 Å². The highest BCUT2D eigenvalue weighted by atomic mass is 35.5. The molecule has 1 aliphatic heterocycles. The summed E-state index contributed by atoms with van der Waals surface area (Å²) in [5, 5.41) is 15.8. The molecule has 1 fully saturated rings. The average Bonchev–Trinajstić information content (AvgIpc) is 3.24. The van der Waals surface area contributed by atoms with E-state index >= 15 is 0 Å². The largest absolute Gasteiger partial charge is 0.521 e. The second-order valence-corrected chi connectivity index (χ2v) is 9.29. The van der Waals surface area contributed by atoms with Crippen molar-refractivity contribution in [2.45, 2.75) is 25.8 Å². The Bertz CT molecular complexity index is 1280. The third-order valence-electron chi connectivity index (χ3n) is 6.40. The van der Waals surface area contributed by atoms with Gasteiger partial charge in [-0.3, -0.25) is 0 Å². The molecule has 180 valence electrons. The number of quaternary nitrogens is 1. The van der Waals surface area contributed by atoms with Crippen molar-refractivity contribution in [2.24, 2.45) is 0 Å². The first-order valence-corrected chi connectivity index (χ1v) is 11.9. The van der Waals surface area contributed by atoms with Crippen LogP contribution in [0.15, 0.2) is 66.7 Å². The molecule has 2 atom stereocenters. The summed E-state index contributed by atoms with van der Waals surface area (Å²) >= 11 is 12.1. The molecular weight excluding hydrogens is 489 g/mol.